The molecule has 0 N–H and O–H groups in total. The van der Waals surface area contributed by atoms with Crippen molar-refractivity contribution in [3.05, 3.63) is 42.5 Å². The number of hydrogen-bond donors (Lipinski definition) is 0. The van der Waals surface area contributed by atoms with Gasteiger partial charge in [-0.2, -0.15) is 0 Å². The average molecular weight is 275 g/mol. The van der Waals surface area contributed by atoms with Gasteiger partial charge in [0.05, 0.1) is 18.9 Å². The van der Waals surface area contributed by atoms with E-state index in [9.17, 15) is 9.59 Å². The summed E-state index contributed by atoms with van der Waals surface area (Å²) >= 11 is 0. The maximum Gasteiger partial charge on any atom is 0.368 e. The molecule has 0 amide bonds. The lowest BCUT2D eigenvalue weighted by Gasteiger charge is -2.32. The molecule has 1 heterocycles. The van der Waals surface area contributed by atoms with E-state index in [0.717, 1.165) is 0 Å². The summed E-state index contributed by atoms with van der Waals surface area (Å²) in [6.07, 6.45) is 1.49. The number of benzene rings is 1. The van der Waals surface area contributed by atoms with E-state index >= 15 is 0 Å². The molecule has 0 aliphatic carbocycles. The van der Waals surface area contributed by atoms with Crippen LogP contribution in [0.15, 0.2) is 36.9 Å². The van der Waals surface area contributed by atoms with Crippen molar-refractivity contribution in [2.24, 2.45) is 0 Å². The molecule has 20 heavy (non-hydrogen) atoms. The van der Waals surface area contributed by atoms with E-state index in [-0.39, 0.29) is 13.2 Å². The second-order valence-electron chi connectivity index (χ2n) is 4.37. The first-order chi connectivity index (χ1) is 9.59. The van der Waals surface area contributed by atoms with Crippen LogP contribution in [0.3, 0.4) is 0 Å². The van der Waals surface area contributed by atoms with E-state index < -0.39 is 17.5 Å². The van der Waals surface area contributed by atoms with E-state index in [1.165, 1.54) is 11.0 Å². The van der Waals surface area contributed by atoms with Crippen molar-refractivity contribution in [2.45, 2.75) is 12.6 Å². The predicted octanol–water partition coefficient (Wildman–Crippen LogP) is 1.78. The molecule has 2 rings (SSSR count). The Kier molecular flexibility index (Phi) is 3.90. The monoisotopic (exact) mass is 275 g/mol. The Morgan fingerprint density at radius 2 is 2.15 bits per heavy atom. The number of likely N-dealkylation sites (N-methyl/N-ethyl adjacent to an activating group) is 1. The molecule has 0 radical (unpaired) electrons. The molecule has 0 spiro atoms. The van der Waals surface area contributed by atoms with Crippen molar-refractivity contribution in [3.63, 3.8) is 0 Å². The fourth-order valence-corrected chi connectivity index (χ4v) is 2.32. The second-order valence-corrected chi connectivity index (χ2v) is 4.37. The number of fused-ring (bicyclic) bond motifs is 1. The highest BCUT2D eigenvalue weighted by Crippen LogP contribution is 2.39. The Labute approximate surface area is 117 Å². The number of para-hydroxylation sites is 1. The average Bonchev–Trinajstić information content (AvgIpc) is 2.68. The number of carbonyl (C=O) groups is 2. The van der Waals surface area contributed by atoms with Gasteiger partial charge in [0.2, 0.25) is 5.78 Å². The van der Waals surface area contributed by atoms with Crippen molar-refractivity contribution in [3.8, 4) is 0 Å². The standard InChI is InChI=1S/C15H17NO4/c1-4-10-20-15(14(18)19-5-2)13(17)11-8-6-7-9-12(11)16(15)3/h4,6-9H,1,5,10H2,2-3H3. The third-order valence-corrected chi connectivity index (χ3v) is 3.25. The van der Waals surface area contributed by atoms with Crippen molar-refractivity contribution in [2.75, 3.05) is 25.2 Å². The minimum atomic E-state index is -1.76. The first-order valence-electron chi connectivity index (χ1n) is 6.39. The summed E-state index contributed by atoms with van der Waals surface area (Å²) in [6.45, 7) is 5.48. The first kappa shape index (κ1) is 14.3. The summed E-state index contributed by atoms with van der Waals surface area (Å²) in [6, 6.07) is 6.99. The number of Topliss-reactive ketones (excluding diaryl/α,β-unsaturated/α-hetero) is 1. The highest BCUT2D eigenvalue weighted by molar-refractivity contribution is 6.23. The largest absolute Gasteiger partial charge is 0.462 e. The van der Waals surface area contributed by atoms with Gasteiger partial charge in [-0.15, -0.1) is 6.58 Å². The zero-order valence-electron chi connectivity index (χ0n) is 11.6. The summed E-state index contributed by atoms with van der Waals surface area (Å²) in [5.74, 6) is -1.11. The van der Waals surface area contributed by atoms with Gasteiger partial charge in [-0.05, 0) is 19.1 Å². The summed E-state index contributed by atoms with van der Waals surface area (Å²) in [4.78, 5) is 26.5. The van der Waals surface area contributed by atoms with Gasteiger partial charge in [0.1, 0.15) is 0 Å². The molecule has 5 heteroatoms. The van der Waals surface area contributed by atoms with Gasteiger partial charge < -0.3 is 14.4 Å². The van der Waals surface area contributed by atoms with Gasteiger partial charge in [0, 0.05) is 12.6 Å². The number of rotatable bonds is 5. The summed E-state index contributed by atoms with van der Waals surface area (Å²) in [7, 11) is 1.64. The molecule has 1 atom stereocenters. The number of ketones is 1. The summed E-state index contributed by atoms with van der Waals surface area (Å²) < 4.78 is 10.6. The van der Waals surface area contributed by atoms with E-state index in [2.05, 4.69) is 6.58 Å². The van der Waals surface area contributed by atoms with Crippen LogP contribution in [0.5, 0.6) is 0 Å². The summed E-state index contributed by atoms with van der Waals surface area (Å²) in [5, 5.41) is 0. The normalized spacial score (nSPS) is 20.7. The van der Waals surface area contributed by atoms with E-state index in [1.807, 2.05) is 0 Å². The molecule has 1 aromatic rings. The lowest BCUT2D eigenvalue weighted by molar-refractivity contribution is -0.163. The van der Waals surface area contributed by atoms with Crippen LogP contribution in [0.25, 0.3) is 0 Å². The van der Waals surface area contributed by atoms with Crippen LogP contribution in [0.1, 0.15) is 17.3 Å². The second kappa shape index (κ2) is 5.46. The highest BCUT2D eigenvalue weighted by Gasteiger charge is 2.58. The Balaban J connectivity index is 2.50. The number of nitrogens with zero attached hydrogens (tertiary/aromatic N) is 1. The third kappa shape index (κ3) is 1.91. The van der Waals surface area contributed by atoms with Crippen molar-refractivity contribution >= 4 is 17.4 Å². The Morgan fingerprint density at radius 1 is 1.45 bits per heavy atom. The van der Waals surface area contributed by atoms with E-state index in [1.54, 1.807) is 38.2 Å². The first-order valence-corrected chi connectivity index (χ1v) is 6.39. The fraction of sp³-hybridized carbons (Fsp3) is 0.333. The van der Waals surface area contributed by atoms with Crippen LogP contribution in [0, 0.1) is 0 Å². The maximum atomic E-state index is 12.6. The van der Waals surface area contributed by atoms with Gasteiger partial charge in [-0.25, -0.2) is 4.79 Å². The molecule has 0 aromatic heterocycles. The van der Waals surface area contributed by atoms with Gasteiger partial charge in [0.15, 0.2) is 0 Å². The van der Waals surface area contributed by atoms with Crippen LogP contribution < -0.4 is 4.90 Å². The number of anilines is 1. The molecule has 0 saturated heterocycles. The number of esters is 1. The van der Waals surface area contributed by atoms with Crippen molar-refractivity contribution in [1.82, 2.24) is 0 Å². The van der Waals surface area contributed by atoms with Crippen LogP contribution >= 0.6 is 0 Å². The number of carbonyl (C=O) groups excluding carboxylic acids is 2. The molecule has 1 aliphatic rings. The molecule has 5 nitrogen and oxygen atoms in total. The lowest BCUT2D eigenvalue weighted by atomic mass is 10.1. The van der Waals surface area contributed by atoms with Gasteiger partial charge in [-0.3, -0.25) is 4.79 Å². The van der Waals surface area contributed by atoms with Crippen LogP contribution in [0.2, 0.25) is 0 Å². The van der Waals surface area contributed by atoms with E-state index in [4.69, 9.17) is 9.47 Å². The molecule has 1 unspecified atom stereocenters. The number of hydrogen-bond acceptors (Lipinski definition) is 5. The quantitative estimate of drug-likeness (QED) is 0.466. The number of ether oxygens (including phenoxy) is 2. The van der Waals surface area contributed by atoms with Crippen molar-refractivity contribution in [1.29, 1.82) is 0 Å². The molecule has 106 valence electrons. The Morgan fingerprint density at radius 3 is 2.75 bits per heavy atom. The minimum Gasteiger partial charge on any atom is -0.462 e. The van der Waals surface area contributed by atoms with E-state index in [0.29, 0.717) is 11.3 Å². The van der Waals surface area contributed by atoms with Crippen LogP contribution in [-0.2, 0) is 14.3 Å². The third-order valence-electron chi connectivity index (χ3n) is 3.25. The molecule has 0 fully saturated rings. The molecule has 0 bridgehead atoms. The molecular formula is C15H17NO4. The van der Waals surface area contributed by atoms with Gasteiger partial charge >= 0.3 is 11.7 Å². The van der Waals surface area contributed by atoms with Gasteiger partial charge in [-0.1, -0.05) is 18.2 Å². The predicted molar refractivity (Wildman–Crippen MR) is 74.7 cm³/mol. The Hall–Kier alpha value is -2.14. The molecule has 1 aromatic carbocycles. The minimum absolute atomic E-state index is 0.0723. The SMILES string of the molecule is C=CCOC1(C(=O)OCC)C(=O)c2ccccc2N1C. The topological polar surface area (TPSA) is 55.8 Å². The molecule has 0 saturated carbocycles. The zero-order valence-corrected chi connectivity index (χ0v) is 11.6. The maximum absolute atomic E-state index is 12.6. The highest BCUT2D eigenvalue weighted by atomic mass is 16.6. The smallest absolute Gasteiger partial charge is 0.368 e. The zero-order chi connectivity index (χ0) is 14.8. The van der Waals surface area contributed by atoms with Gasteiger partial charge in [0.25, 0.3) is 0 Å². The van der Waals surface area contributed by atoms with Crippen LogP contribution in [-0.4, -0.2) is 37.7 Å². The molecule has 1 aliphatic heterocycles. The fourth-order valence-electron chi connectivity index (χ4n) is 2.32. The van der Waals surface area contributed by atoms with Crippen LogP contribution in [0.4, 0.5) is 5.69 Å². The Bertz CT molecular complexity index is 555. The molecular weight excluding hydrogens is 258 g/mol. The van der Waals surface area contributed by atoms with Crippen molar-refractivity contribution < 1.29 is 19.1 Å². The summed E-state index contributed by atoms with van der Waals surface area (Å²) in [5.41, 5.74) is -0.657. The lowest BCUT2D eigenvalue weighted by Crippen LogP contribution is -2.58.